The third kappa shape index (κ3) is 3.74. The SMILES string of the molecule is Cc1ccccc1-c1ccc(C=O)c(N(C)CCN(C)C)c1. The summed E-state index contributed by atoms with van der Waals surface area (Å²) in [6, 6.07) is 14.4. The highest BCUT2D eigenvalue weighted by Gasteiger charge is 2.10. The van der Waals surface area contributed by atoms with Crippen LogP contribution in [0.25, 0.3) is 11.1 Å². The maximum Gasteiger partial charge on any atom is 0.152 e. The van der Waals surface area contributed by atoms with E-state index in [1.54, 1.807) is 0 Å². The number of carbonyl (C=O) groups is 1. The van der Waals surface area contributed by atoms with E-state index in [4.69, 9.17) is 0 Å². The van der Waals surface area contributed by atoms with Crippen molar-refractivity contribution >= 4 is 12.0 Å². The van der Waals surface area contributed by atoms with E-state index >= 15 is 0 Å². The summed E-state index contributed by atoms with van der Waals surface area (Å²) in [5, 5.41) is 0. The van der Waals surface area contributed by atoms with Gasteiger partial charge in [0.05, 0.1) is 0 Å². The molecule has 0 aliphatic heterocycles. The largest absolute Gasteiger partial charge is 0.373 e. The quantitative estimate of drug-likeness (QED) is 0.763. The molecule has 0 bridgehead atoms. The van der Waals surface area contributed by atoms with Crippen LogP contribution in [0.1, 0.15) is 15.9 Å². The number of nitrogens with zero attached hydrogens (tertiary/aromatic N) is 2. The van der Waals surface area contributed by atoms with Gasteiger partial charge in [-0.25, -0.2) is 0 Å². The van der Waals surface area contributed by atoms with Crippen LogP contribution in [-0.4, -0.2) is 45.4 Å². The van der Waals surface area contributed by atoms with Gasteiger partial charge < -0.3 is 9.80 Å². The molecule has 22 heavy (non-hydrogen) atoms. The minimum atomic E-state index is 0.735. The molecule has 0 atom stereocenters. The summed E-state index contributed by atoms with van der Waals surface area (Å²) in [5.74, 6) is 0. The Hall–Kier alpha value is -2.13. The van der Waals surface area contributed by atoms with Gasteiger partial charge in [-0.3, -0.25) is 4.79 Å². The van der Waals surface area contributed by atoms with Gasteiger partial charge >= 0.3 is 0 Å². The number of hydrogen-bond donors (Lipinski definition) is 0. The lowest BCUT2D eigenvalue weighted by Gasteiger charge is -2.23. The smallest absolute Gasteiger partial charge is 0.152 e. The Morgan fingerprint density at radius 1 is 1.00 bits per heavy atom. The van der Waals surface area contributed by atoms with E-state index in [1.165, 1.54) is 11.1 Å². The fourth-order valence-corrected chi connectivity index (χ4v) is 2.51. The molecule has 3 heteroatoms. The molecule has 0 fully saturated rings. The minimum Gasteiger partial charge on any atom is -0.373 e. The van der Waals surface area contributed by atoms with Crippen molar-refractivity contribution in [3.05, 3.63) is 53.6 Å². The molecule has 0 amide bonds. The van der Waals surface area contributed by atoms with E-state index in [1.807, 2.05) is 31.3 Å². The van der Waals surface area contributed by atoms with Gasteiger partial charge in [-0.05, 0) is 49.8 Å². The van der Waals surface area contributed by atoms with Crippen molar-refractivity contribution < 1.29 is 4.79 Å². The van der Waals surface area contributed by atoms with E-state index in [2.05, 4.69) is 49.0 Å². The molecule has 2 aromatic rings. The average Bonchev–Trinajstić information content (AvgIpc) is 2.52. The van der Waals surface area contributed by atoms with Crippen LogP contribution >= 0.6 is 0 Å². The minimum absolute atomic E-state index is 0.735. The standard InChI is InChI=1S/C19H24N2O/c1-15-7-5-6-8-18(15)16-9-10-17(14-22)19(13-16)21(4)12-11-20(2)3/h5-10,13-14H,11-12H2,1-4H3. The highest BCUT2D eigenvalue weighted by atomic mass is 16.1. The predicted octanol–water partition coefficient (Wildman–Crippen LogP) is 3.47. The number of aldehydes is 1. The van der Waals surface area contributed by atoms with Crippen molar-refractivity contribution in [2.45, 2.75) is 6.92 Å². The maximum absolute atomic E-state index is 11.3. The molecule has 0 unspecified atom stereocenters. The summed E-state index contributed by atoms with van der Waals surface area (Å²) in [6.45, 7) is 3.94. The average molecular weight is 296 g/mol. The Kier molecular flexibility index (Phi) is 5.34. The Bertz CT molecular complexity index is 650. The fourth-order valence-electron chi connectivity index (χ4n) is 2.51. The topological polar surface area (TPSA) is 23.6 Å². The molecule has 0 aliphatic carbocycles. The zero-order valence-electron chi connectivity index (χ0n) is 13.8. The van der Waals surface area contributed by atoms with E-state index in [0.717, 1.165) is 36.2 Å². The summed E-state index contributed by atoms with van der Waals surface area (Å²) in [5.41, 5.74) is 5.32. The van der Waals surface area contributed by atoms with Crippen LogP contribution in [0.4, 0.5) is 5.69 Å². The van der Waals surface area contributed by atoms with Gasteiger partial charge in [0, 0.05) is 31.4 Å². The number of anilines is 1. The van der Waals surface area contributed by atoms with Crippen molar-refractivity contribution in [3.63, 3.8) is 0 Å². The van der Waals surface area contributed by atoms with Gasteiger partial charge in [0.15, 0.2) is 6.29 Å². The Morgan fingerprint density at radius 3 is 2.36 bits per heavy atom. The zero-order chi connectivity index (χ0) is 16.1. The normalized spacial score (nSPS) is 10.8. The van der Waals surface area contributed by atoms with E-state index < -0.39 is 0 Å². The number of likely N-dealkylation sites (N-methyl/N-ethyl adjacent to an activating group) is 2. The van der Waals surface area contributed by atoms with Gasteiger partial charge in [-0.2, -0.15) is 0 Å². The fraction of sp³-hybridized carbons (Fsp3) is 0.316. The van der Waals surface area contributed by atoms with Crippen molar-refractivity contribution in [1.29, 1.82) is 0 Å². The summed E-state index contributed by atoms with van der Waals surface area (Å²) < 4.78 is 0. The second-order valence-corrected chi connectivity index (χ2v) is 5.93. The number of rotatable bonds is 6. The summed E-state index contributed by atoms with van der Waals surface area (Å²) >= 11 is 0. The molecule has 0 N–H and O–H groups in total. The van der Waals surface area contributed by atoms with Crippen LogP contribution in [0, 0.1) is 6.92 Å². The van der Waals surface area contributed by atoms with Crippen LogP contribution in [-0.2, 0) is 0 Å². The van der Waals surface area contributed by atoms with Crippen LogP contribution in [0.2, 0.25) is 0 Å². The van der Waals surface area contributed by atoms with E-state index in [0.29, 0.717) is 0 Å². The Labute approximate surface area is 133 Å². The predicted molar refractivity (Wildman–Crippen MR) is 93.8 cm³/mol. The number of benzene rings is 2. The molecule has 116 valence electrons. The second kappa shape index (κ2) is 7.23. The van der Waals surface area contributed by atoms with Crippen molar-refractivity contribution in [2.24, 2.45) is 0 Å². The molecule has 0 heterocycles. The molecule has 0 radical (unpaired) electrons. The van der Waals surface area contributed by atoms with Crippen LogP contribution in [0.15, 0.2) is 42.5 Å². The second-order valence-electron chi connectivity index (χ2n) is 5.93. The van der Waals surface area contributed by atoms with Crippen molar-refractivity contribution in [2.75, 3.05) is 39.1 Å². The highest BCUT2D eigenvalue weighted by Crippen LogP contribution is 2.29. The zero-order valence-corrected chi connectivity index (χ0v) is 13.8. The van der Waals surface area contributed by atoms with Crippen LogP contribution in [0.5, 0.6) is 0 Å². The van der Waals surface area contributed by atoms with Gasteiger partial charge in [-0.15, -0.1) is 0 Å². The first-order chi connectivity index (χ1) is 10.5. The third-order valence-electron chi connectivity index (χ3n) is 3.91. The summed E-state index contributed by atoms with van der Waals surface area (Å²) in [4.78, 5) is 15.6. The van der Waals surface area contributed by atoms with E-state index in [-0.39, 0.29) is 0 Å². The highest BCUT2D eigenvalue weighted by molar-refractivity contribution is 5.87. The Balaban J connectivity index is 2.38. The molecule has 2 rings (SSSR count). The lowest BCUT2D eigenvalue weighted by atomic mass is 9.98. The molecule has 2 aromatic carbocycles. The molecule has 0 aromatic heterocycles. The number of aryl methyl sites for hydroxylation is 1. The molecule has 3 nitrogen and oxygen atoms in total. The van der Waals surface area contributed by atoms with Crippen LogP contribution < -0.4 is 4.90 Å². The monoisotopic (exact) mass is 296 g/mol. The number of carbonyl (C=O) groups excluding carboxylic acids is 1. The first kappa shape index (κ1) is 16.2. The lowest BCUT2D eigenvalue weighted by molar-refractivity contribution is 0.112. The van der Waals surface area contributed by atoms with Crippen molar-refractivity contribution in [3.8, 4) is 11.1 Å². The Morgan fingerprint density at radius 2 is 1.73 bits per heavy atom. The van der Waals surface area contributed by atoms with Crippen molar-refractivity contribution in [1.82, 2.24) is 4.90 Å². The maximum atomic E-state index is 11.3. The molecule has 0 spiro atoms. The first-order valence-corrected chi connectivity index (χ1v) is 7.54. The molecule has 0 saturated heterocycles. The lowest BCUT2D eigenvalue weighted by Crippen LogP contribution is -2.29. The summed E-state index contributed by atoms with van der Waals surface area (Å²) in [7, 11) is 6.14. The van der Waals surface area contributed by atoms with Gasteiger partial charge in [-0.1, -0.05) is 30.3 Å². The summed E-state index contributed by atoms with van der Waals surface area (Å²) in [6.07, 6.45) is 0.934. The van der Waals surface area contributed by atoms with Gasteiger partial charge in [0.2, 0.25) is 0 Å². The first-order valence-electron chi connectivity index (χ1n) is 7.54. The van der Waals surface area contributed by atoms with Gasteiger partial charge in [0.1, 0.15) is 0 Å². The van der Waals surface area contributed by atoms with E-state index in [9.17, 15) is 4.79 Å². The van der Waals surface area contributed by atoms with Crippen LogP contribution in [0.3, 0.4) is 0 Å². The molecular weight excluding hydrogens is 272 g/mol. The third-order valence-corrected chi connectivity index (χ3v) is 3.91. The molecule has 0 aliphatic rings. The van der Waals surface area contributed by atoms with Gasteiger partial charge in [0.25, 0.3) is 0 Å². The number of hydrogen-bond acceptors (Lipinski definition) is 3. The molecule has 0 saturated carbocycles. The molecular formula is C19H24N2O.